The van der Waals surface area contributed by atoms with Crippen molar-refractivity contribution in [1.82, 2.24) is 9.38 Å². The minimum absolute atomic E-state index is 0.258. The van der Waals surface area contributed by atoms with Gasteiger partial charge in [0.25, 0.3) is 0 Å². The summed E-state index contributed by atoms with van der Waals surface area (Å²) in [7, 11) is 0. The molecule has 0 saturated heterocycles. The number of pyridine rings is 1. The van der Waals surface area contributed by atoms with Crippen molar-refractivity contribution < 1.29 is 0 Å². The Labute approximate surface area is 112 Å². The summed E-state index contributed by atoms with van der Waals surface area (Å²) in [4.78, 5) is 4.29. The molecule has 96 valence electrons. The van der Waals surface area contributed by atoms with Gasteiger partial charge in [0.2, 0.25) is 0 Å². The topological polar surface area (TPSA) is 29.3 Å². The highest BCUT2D eigenvalue weighted by Gasteiger charge is 2.07. The average Bonchev–Trinajstić information content (AvgIpc) is 2.89. The lowest BCUT2D eigenvalue weighted by Crippen LogP contribution is -2.09. The van der Waals surface area contributed by atoms with E-state index < -0.39 is 0 Å². The molecule has 0 aliphatic heterocycles. The highest BCUT2D eigenvalue weighted by Crippen LogP contribution is 2.20. The highest BCUT2D eigenvalue weighted by atomic mass is 15.1. The van der Waals surface area contributed by atoms with Crippen molar-refractivity contribution in [2.45, 2.75) is 19.9 Å². The Morgan fingerprint density at radius 3 is 2.68 bits per heavy atom. The van der Waals surface area contributed by atoms with Crippen molar-refractivity contribution in [3.05, 3.63) is 66.0 Å². The molecule has 0 bridgehead atoms. The van der Waals surface area contributed by atoms with Gasteiger partial charge in [0.15, 0.2) is 0 Å². The van der Waals surface area contributed by atoms with Gasteiger partial charge >= 0.3 is 0 Å². The Morgan fingerprint density at radius 2 is 1.89 bits per heavy atom. The van der Waals surface area contributed by atoms with Gasteiger partial charge in [-0.15, -0.1) is 0 Å². The lowest BCUT2D eigenvalue weighted by molar-refractivity contribution is 0.868. The molecule has 2 heterocycles. The predicted octanol–water partition coefficient (Wildman–Crippen LogP) is 3.82. The number of aromatic nitrogens is 2. The van der Waals surface area contributed by atoms with E-state index in [1.165, 1.54) is 11.1 Å². The Balaban J connectivity index is 1.88. The number of hydrogen-bond acceptors (Lipinski definition) is 2. The maximum Gasteiger partial charge on any atom is 0.138 e. The van der Waals surface area contributed by atoms with Gasteiger partial charge in [-0.25, -0.2) is 4.98 Å². The predicted molar refractivity (Wildman–Crippen MR) is 78.4 cm³/mol. The number of hydrogen-bond donors (Lipinski definition) is 1. The molecule has 0 aliphatic rings. The molecule has 3 rings (SSSR count). The third-order valence-corrected chi connectivity index (χ3v) is 3.37. The molecule has 0 aliphatic carbocycles. The number of rotatable bonds is 3. The monoisotopic (exact) mass is 251 g/mol. The summed E-state index contributed by atoms with van der Waals surface area (Å²) in [6.07, 6.45) is 3.79. The van der Waals surface area contributed by atoms with E-state index in [9.17, 15) is 0 Å². The lowest BCUT2D eigenvalue weighted by Gasteiger charge is -2.17. The Bertz CT molecular complexity index is 683. The first-order valence-electron chi connectivity index (χ1n) is 6.49. The second kappa shape index (κ2) is 4.76. The fourth-order valence-electron chi connectivity index (χ4n) is 2.23. The minimum atomic E-state index is 0.258. The SMILES string of the molecule is Cc1ccc(C(C)Nc2cccc3nccn23)cc1. The van der Waals surface area contributed by atoms with Gasteiger partial charge in [-0.2, -0.15) is 0 Å². The van der Waals surface area contributed by atoms with Crippen LogP contribution in [0.15, 0.2) is 54.9 Å². The molecule has 3 aromatic rings. The molecule has 0 fully saturated rings. The molecule has 1 unspecified atom stereocenters. The summed E-state index contributed by atoms with van der Waals surface area (Å²) in [5.41, 5.74) is 3.52. The van der Waals surface area contributed by atoms with Gasteiger partial charge < -0.3 is 5.32 Å². The first kappa shape index (κ1) is 11.8. The standard InChI is InChI=1S/C16H17N3/c1-12-6-8-14(9-7-12)13(2)18-16-5-3-4-15-17-10-11-19(15)16/h3-11,13,18H,1-2H3. The molecule has 1 atom stereocenters. The number of benzene rings is 1. The van der Waals surface area contributed by atoms with Crippen LogP contribution in [0.25, 0.3) is 5.65 Å². The molecule has 3 nitrogen and oxygen atoms in total. The number of nitrogens with zero attached hydrogens (tertiary/aromatic N) is 2. The molecule has 19 heavy (non-hydrogen) atoms. The molecule has 0 amide bonds. The Hall–Kier alpha value is -2.29. The summed E-state index contributed by atoms with van der Waals surface area (Å²) < 4.78 is 2.06. The van der Waals surface area contributed by atoms with E-state index in [-0.39, 0.29) is 6.04 Å². The zero-order chi connectivity index (χ0) is 13.2. The molecular weight excluding hydrogens is 234 g/mol. The number of imidazole rings is 1. The normalized spacial score (nSPS) is 12.5. The first-order valence-corrected chi connectivity index (χ1v) is 6.49. The summed E-state index contributed by atoms with van der Waals surface area (Å²) >= 11 is 0. The maximum atomic E-state index is 4.29. The van der Waals surface area contributed by atoms with Crippen LogP contribution < -0.4 is 5.32 Å². The fraction of sp³-hybridized carbons (Fsp3) is 0.188. The summed E-state index contributed by atoms with van der Waals surface area (Å²) in [5.74, 6) is 1.06. The number of aryl methyl sites for hydroxylation is 1. The molecule has 0 saturated carbocycles. The van der Waals surface area contributed by atoms with Gasteiger partial charge in [0, 0.05) is 18.4 Å². The van der Waals surface area contributed by atoms with Crippen molar-refractivity contribution in [2.24, 2.45) is 0 Å². The van der Waals surface area contributed by atoms with Crippen molar-refractivity contribution >= 4 is 11.5 Å². The van der Waals surface area contributed by atoms with Crippen LogP contribution >= 0.6 is 0 Å². The quantitative estimate of drug-likeness (QED) is 0.767. The van der Waals surface area contributed by atoms with Crippen LogP contribution in [-0.4, -0.2) is 9.38 Å². The van der Waals surface area contributed by atoms with E-state index >= 15 is 0 Å². The molecule has 2 aromatic heterocycles. The van der Waals surface area contributed by atoms with Crippen molar-refractivity contribution in [3.63, 3.8) is 0 Å². The van der Waals surface area contributed by atoms with Crippen LogP contribution in [0.2, 0.25) is 0 Å². The van der Waals surface area contributed by atoms with E-state index in [0.717, 1.165) is 11.5 Å². The number of nitrogens with one attached hydrogen (secondary N) is 1. The van der Waals surface area contributed by atoms with Crippen LogP contribution in [-0.2, 0) is 0 Å². The number of anilines is 1. The van der Waals surface area contributed by atoms with E-state index in [1.54, 1.807) is 0 Å². The van der Waals surface area contributed by atoms with Crippen LogP contribution in [0.5, 0.6) is 0 Å². The first-order chi connectivity index (χ1) is 9.24. The molecule has 0 radical (unpaired) electrons. The molecule has 3 heteroatoms. The van der Waals surface area contributed by atoms with Crippen LogP contribution in [0.3, 0.4) is 0 Å². The lowest BCUT2D eigenvalue weighted by atomic mass is 10.1. The molecular formula is C16H17N3. The van der Waals surface area contributed by atoms with Crippen molar-refractivity contribution in [1.29, 1.82) is 0 Å². The number of fused-ring (bicyclic) bond motifs is 1. The third-order valence-electron chi connectivity index (χ3n) is 3.37. The van der Waals surface area contributed by atoms with Gasteiger partial charge in [-0.05, 0) is 31.5 Å². The van der Waals surface area contributed by atoms with Crippen LogP contribution in [0.4, 0.5) is 5.82 Å². The van der Waals surface area contributed by atoms with Crippen molar-refractivity contribution in [2.75, 3.05) is 5.32 Å². The highest BCUT2D eigenvalue weighted by molar-refractivity contribution is 5.50. The second-order valence-electron chi connectivity index (χ2n) is 4.84. The third kappa shape index (κ3) is 2.32. The molecule has 0 spiro atoms. The Kier molecular flexibility index (Phi) is 2.95. The van der Waals surface area contributed by atoms with E-state index in [0.29, 0.717) is 0 Å². The maximum absolute atomic E-state index is 4.29. The zero-order valence-corrected chi connectivity index (χ0v) is 11.2. The minimum Gasteiger partial charge on any atom is -0.365 e. The average molecular weight is 251 g/mol. The summed E-state index contributed by atoms with van der Waals surface area (Å²) in [5, 5.41) is 3.53. The summed E-state index contributed by atoms with van der Waals surface area (Å²) in [6.45, 7) is 4.27. The van der Waals surface area contributed by atoms with Crippen LogP contribution in [0.1, 0.15) is 24.1 Å². The zero-order valence-electron chi connectivity index (χ0n) is 11.2. The molecule has 1 N–H and O–H groups in total. The van der Waals surface area contributed by atoms with Crippen molar-refractivity contribution in [3.8, 4) is 0 Å². The van der Waals surface area contributed by atoms with Gasteiger partial charge in [-0.1, -0.05) is 35.9 Å². The second-order valence-corrected chi connectivity index (χ2v) is 4.84. The van der Waals surface area contributed by atoms with Gasteiger partial charge in [0.1, 0.15) is 11.5 Å². The Morgan fingerprint density at radius 1 is 1.11 bits per heavy atom. The fourth-order valence-corrected chi connectivity index (χ4v) is 2.23. The van der Waals surface area contributed by atoms with Crippen LogP contribution in [0, 0.1) is 6.92 Å². The van der Waals surface area contributed by atoms with Gasteiger partial charge in [0.05, 0.1) is 0 Å². The molecule has 1 aromatic carbocycles. The largest absolute Gasteiger partial charge is 0.365 e. The van der Waals surface area contributed by atoms with E-state index in [4.69, 9.17) is 0 Å². The van der Waals surface area contributed by atoms with Gasteiger partial charge in [-0.3, -0.25) is 4.40 Å². The van der Waals surface area contributed by atoms with E-state index in [2.05, 4.69) is 58.9 Å². The summed E-state index contributed by atoms with van der Waals surface area (Å²) in [6, 6.07) is 15.0. The smallest absolute Gasteiger partial charge is 0.138 e. The van der Waals surface area contributed by atoms with E-state index in [1.807, 2.05) is 24.5 Å².